The normalized spacial score (nSPS) is 11.4. The molecule has 0 saturated carbocycles. The lowest BCUT2D eigenvalue weighted by Gasteiger charge is -2.21. The predicted octanol–water partition coefficient (Wildman–Crippen LogP) is 3.43. The molecule has 124 valence electrons. The molecule has 2 aromatic heterocycles. The van der Waals surface area contributed by atoms with Crippen LogP contribution in [0.3, 0.4) is 0 Å². The largest absolute Gasteiger partial charge is 0.421 e. The summed E-state index contributed by atoms with van der Waals surface area (Å²) in [5.41, 5.74) is 0.345. The molecule has 5 nitrogen and oxygen atoms in total. The Bertz CT molecular complexity index is 795. The second-order valence-corrected chi connectivity index (χ2v) is 6.92. The van der Waals surface area contributed by atoms with Crippen molar-refractivity contribution < 1.29 is 9.21 Å². The Hall–Kier alpha value is -2.47. The van der Waals surface area contributed by atoms with Gasteiger partial charge in [0.05, 0.1) is 5.41 Å². The van der Waals surface area contributed by atoms with Gasteiger partial charge in [0.25, 0.3) is 0 Å². The summed E-state index contributed by atoms with van der Waals surface area (Å²) in [4.78, 5) is 13.5. The molecular weight excluding hydrogens is 322 g/mol. The van der Waals surface area contributed by atoms with Crippen LogP contribution in [0.4, 0.5) is 0 Å². The third-order valence-electron chi connectivity index (χ3n) is 3.82. The van der Waals surface area contributed by atoms with Gasteiger partial charge in [-0.25, -0.2) is 0 Å². The van der Waals surface area contributed by atoms with Gasteiger partial charge in [0.2, 0.25) is 17.7 Å². The first kappa shape index (κ1) is 16.4. The van der Waals surface area contributed by atoms with Gasteiger partial charge in [-0.05, 0) is 37.4 Å². The van der Waals surface area contributed by atoms with E-state index in [4.69, 9.17) is 4.42 Å². The van der Waals surface area contributed by atoms with Crippen molar-refractivity contribution in [1.82, 2.24) is 15.5 Å². The molecule has 1 N–H and O–H groups in total. The fourth-order valence-electron chi connectivity index (χ4n) is 2.30. The maximum absolute atomic E-state index is 12.4. The third kappa shape index (κ3) is 3.54. The van der Waals surface area contributed by atoms with E-state index < -0.39 is 5.41 Å². The van der Waals surface area contributed by atoms with Gasteiger partial charge in [0, 0.05) is 23.4 Å². The van der Waals surface area contributed by atoms with Gasteiger partial charge in [-0.15, -0.1) is 21.5 Å². The van der Waals surface area contributed by atoms with Crippen molar-refractivity contribution >= 4 is 17.2 Å². The summed E-state index contributed by atoms with van der Waals surface area (Å²) in [5.74, 6) is 1.01. The number of carbonyl (C=O) groups excluding carboxylic acids is 1. The van der Waals surface area contributed by atoms with Crippen LogP contribution in [0.25, 0.3) is 11.5 Å². The summed E-state index contributed by atoms with van der Waals surface area (Å²) in [7, 11) is 0. The van der Waals surface area contributed by atoms with Gasteiger partial charge in [0.15, 0.2) is 0 Å². The second kappa shape index (κ2) is 6.97. The molecule has 3 rings (SSSR count). The summed E-state index contributed by atoms with van der Waals surface area (Å²) < 4.78 is 5.64. The molecule has 1 amide bonds. The molecular formula is C18H19N3O2S. The fraction of sp³-hybridized carbons (Fsp3) is 0.278. The molecule has 0 aliphatic carbocycles. The van der Waals surface area contributed by atoms with Crippen LogP contribution in [0.15, 0.2) is 52.3 Å². The number of nitrogens with one attached hydrogen (secondary N) is 1. The van der Waals surface area contributed by atoms with Crippen LogP contribution in [0.1, 0.15) is 24.6 Å². The molecule has 1 aromatic carbocycles. The van der Waals surface area contributed by atoms with Crippen molar-refractivity contribution in [2.75, 3.05) is 6.54 Å². The highest BCUT2D eigenvalue weighted by molar-refractivity contribution is 7.10. The minimum absolute atomic E-state index is 0.00671. The topological polar surface area (TPSA) is 68.0 Å². The van der Waals surface area contributed by atoms with Crippen molar-refractivity contribution in [3.63, 3.8) is 0 Å². The lowest BCUT2D eigenvalue weighted by Crippen LogP contribution is -2.40. The molecule has 0 atom stereocenters. The average molecular weight is 341 g/mol. The van der Waals surface area contributed by atoms with Crippen molar-refractivity contribution in [2.45, 2.75) is 25.7 Å². The highest BCUT2D eigenvalue weighted by atomic mass is 32.1. The second-order valence-electron chi connectivity index (χ2n) is 5.98. The van der Waals surface area contributed by atoms with Gasteiger partial charge in [0.1, 0.15) is 0 Å². The van der Waals surface area contributed by atoms with Crippen LogP contribution in [0.5, 0.6) is 0 Å². The number of thiophene rings is 1. The zero-order valence-electron chi connectivity index (χ0n) is 13.7. The van der Waals surface area contributed by atoms with E-state index in [0.29, 0.717) is 24.7 Å². The van der Waals surface area contributed by atoms with Crippen LogP contribution in [-0.2, 0) is 16.6 Å². The molecule has 0 unspecified atom stereocenters. The molecule has 0 aliphatic rings. The molecule has 0 saturated heterocycles. The van der Waals surface area contributed by atoms with E-state index in [9.17, 15) is 4.79 Å². The van der Waals surface area contributed by atoms with Crippen LogP contribution in [0.2, 0.25) is 0 Å². The Morgan fingerprint density at radius 3 is 2.67 bits per heavy atom. The molecule has 0 fully saturated rings. The van der Waals surface area contributed by atoms with E-state index in [2.05, 4.69) is 15.5 Å². The Morgan fingerprint density at radius 1 is 1.17 bits per heavy atom. The zero-order chi connectivity index (χ0) is 17.0. The molecule has 0 radical (unpaired) electrons. The third-order valence-corrected chi connectivity index (χ3v) is 5.01. The molecule has 0 spiro atoms. The minimum Gasteiger partial charge on any atom is -0.421 e. The van der Waals surface area contributed by atoms with Crippen LogP contribution >= 0.6 is 11.3 Å². The van der Waals surface area contributed by atoms with E-state index in [-0.39, 0.29) is 5.91 Å². The smallest absolute Gasteiger partial charge is 0.247 e. The first-order chi connectivity index (χ1) is 11.6. The first-order valence-electron chi connectivity index (χ1n) is 7.77. The maximum Gasteiger partial charge on any atom is 0.247 e. The van der Waals surface area contributed by atoms with E-state index in [1.165, 1.54) is 0 Å². The van der Waals surface area contributed by atoms with Gasteiger partial charge in [-0.3, -0.25) is 4.79 Å². The summed E-state index contributed by atoms with van der Waals surface area (Å²) in [5, 5.41) is 13.0. The van der Waals surface area contributed by atoms with Crippen molar-refractivity contribution in [3.05, 3.63) is 58.6 Å². The molecule has 3 aromatic rings. The highest BCUT2D eigenvalue weighted by Crippen LogP contribution is 2.27. The molecule has 24 heavy (non-hydrogen) atoms. The number of amides is 1. The summed E-state index contributed by atoms with van der Waals surface area (Å²) in [6.45, 7) is 4.31. The van der Waals surface area contributed by atoms with Gasteiger partial charge in [-0.1, -0.05) is 24.3 Å². The fourth-order valence-corrected chi connectivity index (χ4v) is 3.15. The van der Waals surface area contributed by atoms with Crippen molar-refractivity contribution in [1.29, 1.82) is 0 Å². The lowest BCUT2D eigenvalue weighted by molar-refractivity contribution is -0.125. The number of hydrogen-bond donors (Lipinski definition) is 1. The minimum atomic E-state index is -0.543. The highest BCUT2D eigenvalue weighted by Gasteiger charge is 2.30. The Labute approximate surface area is 144 Å². The standard InChI is InChI=1S/C18H19N3O2S/c1-18(2,14-9-6-12-24-14)17(22)19-11-10-15-20-21-16(23-15)13-7-4-3-5-8-13/h3-9,12H,10-11H2,1-2H3,(H,19,22). The molecule has 2 heterocycles. The van der Waals surface area contributed by atoms with Crippen molar-refractivity contribution in [2.24, 2.45) is 0 Å². The summed E-state index contributed by atoms with van der Waals surface area (Å²) in [6, 6.07) is 13.6. The van der Waals surface area contributed by atoms with E-state index in [0.717, 1.165) is 10.4 Å². The number of rotatable bonds is 6. The number of carbonyl (C=O) groups is 1. The predicted molar refractivity (Wildman–Crippen MR) is 93.8 cm³/mol. The van der Waals surface area contributed by atoms with Gasteiger partial charge in [-0.2, -0.15) is 0 Å². The first-order valence-corrected chi connectivity index (χ1v) is 8.65. The quantitative estimate of drug-likeness (QED) is 0.746. The van der Waals surface area contributed by atoms with Gasteiger partial charge >= 0.3 is 0 Å². The van der Waals surface area contributed by atoms with Crippen LogP contribution < -0.4 is 5.32 Å². The van der Waals surface area contributed by atoms with Crippen LogP contribution in [-0.4, -0.2) is 22.6 Å². The van der Waals surface area contributed by atoms with Gasteiger partial charge < -0.3 is 9.73 Å². The summed E-state index contributed by atoms with van der Waals surface area (Å²) >= 11 is 1.59. The lowest BCUT2D eigenvalue weighted by atomic mass is 9.90. The zero-order valence-corrected chi connectivity index (χ0v) is 14.5. The number of aromatic nitrogens is 2. The Balaban J connectivity index is 1.55. The Kier molecular flexibility index (Phi) is 4.76. The molecule has 0 bridgehead atoms. The number of nitrogens with zero attached hydrogens (tertiary/aromatic N) is 2. The van der Waals surface area contributed by atoms with E-state index in [1.807, 2.05) is 61.7 Å². The van der Waals surface area contributed by atoms with E-state index in [1.54, 1.807) is 11.3 Å². The summed E-state index contributed by atoms with van der Waals surface area (Å²) in [6.07, 6.45) is 0.506. The van der Waals surface area contributed by atoms with Crippen molar-refractivity contribution in [3.8, 4) is 11.5 Å². The molecule has 6 heteroatoms. The molecule has 0 aliphatic heterocycles. The SMILES string of the molecule is CC(C)(C(=O)NCCc1nnc(-c2ccccc2)o1)c1cccs1. The monoisotopic (exact) mass is 341 g/mol. The van der Waals surface area contributed by atoms with E-state index >= 15 is 0 Å². The van der Waals surface area contributed by atoms with Crippen LogP contribution in [0, 0.1) is 0 Å². The Morgan fingerprint density at radius 2 is 1.96 bits per heavy atom. The number of hydrogen-bond acceptors (Lipinski definition) is 5. The maximum atomic E-state index is 12.4. The average Bonchev–Trinajstić information content (AvgIpc) is 3.28. The number of benzene rings is 1.